The molecule has 3 heterocycles. The first-order valence-corrected chi connectivity index (χ1v) is 12.2. The number of hydrogen-bond donors (Lipinski definition) is 3. The van der Waals surface area contributed by atoms with Gasteiger partial charge >= 0.3 is 6.09 Å². The number of nitrogens with one attached hydrogen (secondary N) is 3. The molecule has 38 heavy (non-hydrogen) atoms. The predicted octanol–water partition coefficient (Wildman–Crippen LogP) is 3.60. The van der Waals surface area contributed by atoms with Crippen molar-refractivity contribution < 1.29 is 18.7 Å². The molecule has 0 spiro atoms. The maximum Gasteiger partial charge on any atom is 0.414 e. The summed E-state index contributed by atoms with van der Waals surface area (Å²) in [4.78, 5) is 41.6. The van der Waals surface area contributed by atoms with E-state index in [4.69, 9.17) is 4.74 Å². The Morgan fingerprint density at radius 3 is 2.71 bits per heavy atom. The number of amides is 2. The molecule has 196 valence electrons. The van der Waals surface area contributed by atoms with Crippen molar-refractivity contribution in [2.75, 3.05) is 18.0 Å². The first-order valence-electron chi connectivity index (χ1n) is 12.2. The number of benzene rings is 2. The van der Waals surface area contributed by atoms with E-state index < -0.39 is 18.0 Å². The highest BCUT2D eigenvalue weighted by molar-refractivity contribution is 5.90. The van der Waals surface area contributed by atoms with Crippen molar-refractivity contribution in [1.82, 2.24) is 30.2 Å². The van der Waals surface area contributed by atoms with E-state index in [0.717, 1.165) is 22.5 Å². The second kappa shape index (κ2) is 11.3. The Morgan fingerprint density at radius 1 is 1.18 bits per heavy atom. The fraction of sp³-hybridized carbons (Fsp3) is 0.259. The third-order valence-electron chi connectivity index (χ3n) is 6.28. The maximum atomic E-state index is 15.1. The molecule has 2 aromatic carbocycles. The molecule has 0 saturated carbocycles. The van der Waals surface area contributed by atoms with E-state index >= 15 is 4.39 Å². The van der Waals surface area contributed by atoms with Gasteiger partial charge in [0.05, 0.1) is 37.1 Å². The molecule has 0 bridgehead atoms. The molecule has 0 radical (unpaired) electrons. The number of anilines is 1. The molecule has 1 saturated heterocycles. The Labute approximate surface area is 218 Å². The molecular weight excluding hydrogens is 489 g/mol. The van der Waals surface area contributed by atoms with Gasteiger partial charge in [0, 0.05) is 50.2 Å². The van der Waals surface area contributed by atoms with Crippen LogP contribution in [0.5, 0.6) is 0 Å². The van der Waals surface area contributed by atoms with Gasteiger partial charge in [-0.05, 0) is 29.3 Å². The highest BCUT2D eigenvalue weighted by atomic mass is 19.1. The van der Waals surface area contributed by atoms with Gasteiger partial charge in [-0.25, -0.2) is 19.2 Å². The van der Waals surface area contributed by atoms with E-state index in [1.165, 1.54) is 17.9 Å². The number of cyclic esters (lactones) is 1. The van der Waals surface area contributed by atoms with Gasteiger partial charge in [-0.1, -0.05) is 24.3 Å². The quantitative estimate of drug-likeness (QED) is 0.296. The van der Waals surface area contributed by atoms with Crippen LogP contribution in [0.2, 0.25) is 0 Å². The number of halogens is 1. The number of rotatable bonds is 10. The largest absolute Gasteiger partial charge is 0.442 e. The molecule has 5 rings (SSSR count). The second-order valence-corrected chi connectivity index (χ2v) is 9.20. The zero-order chi connectivity index (χ0) is 26.5. The van der Waals surface area contributed by atoms with Crippen molar-refractivity contribution in [2.24, 2.45) is 0 Å². The van der Waals surface area contributed by atoms with Crippen molar-refractivity contribution in [3.05, 3.63) is 90.3 Å². The lowest BCUT2D eigenvalue weighted by molar-refractivity contribution is -0.119. The third kappa shape index (κ3) is 6.06. The van der Waals surface area contributed by atoms with E-state index in [9.17, 15) is 9.59 Å². The van der Waals surface area contributed by atoms with Gasteiger partial charge < -0.3 is 20.0 Å². The van der Waals surface area contributed by atoms with Crippen molar-refractivity contribution >= 4 is 17.7 Å². The zero-order valence-corrected chi connectivity index (χ0v) is 20.9. The van der Waals surface area contributed by atoms with Gasteiger partial charge in [-0.15, -0.1) is 0 Å². The number of nitrogens with zero attached hydrogens (tertiary/aromatic N) is 4. The van der Waals surface area contributed by atoms with Crippen molar-refractivity contribution in [2.45, 2.75) is 32.7 Å². The number of ether oxygens (including phenoxy) is 1. The molecule has 1 atom stereocenters. The molecular formula is C27H28FN7O3. The molecule has 2 amide bonds. The topological polar surface area (TPSA) is 119 Å². The molecule has 10 nitrogen and oxygen atoms in total. The number of H-pyrrole nitrogens is 2. The Bertz CT molecular complexity index is 1340. The average molecular weight is 518 g/mol. The fourth-order valence-electron chi connectivity index (χ4n) is 4.44. The normalized spacial score (nSPS) is 15.2. The summed E-state index contributed by atoms with van der Waals surface area (Å²) < 4.78 is 20.4. The van der Waals surface area contributed by atoms with Crippen LogP contribution in [0.3, 0.4) is 0 Å². The van der Waals surface area contributed by atoms with Crippen molar-refractivity contribution in [3.8, 4) is 11.1 Å². The van der Waals surface area contributed by atoms with E-state index in [0.29, 0.717) is 30.9 Å². The molecule has 0 unspecified atom stereocenters. The lowest BCUT2D eigenvalue weighted by Gasteiger charge is -2.21. The third-order valence-corrected chi connectivity index (χ3v) is 6.28. The number of aromatic nitrogens is 4. The van der Waals surface area contributed by atoms with Crippen LogP contribution >= 0.6 is 0 Å². The SMILES string of the molecule is CC(=O)NC[C@H]1CN(c2ccc(-c3ccc(CN(Cc4c[nH]cn4)Cc4cnc[nH]4)cc3)c(F)c2)C(=O)O1. The number of aromatic amines is 2. The highest BCUT2D eigenvalue weighted by Gasteiger charge is 2.32. The number of carbonyl (C=O) groups is 2. The lowest BCUT2D eigenvalue weighted by atomic mass is 10.0. The van der Waals surface area contributed by atoms with Gasteiger partial charge in [0.15, 0.2) is 0 Å². The van der Waals surface area contributed by atoms with Gasteiger partial charge in [0.1, 0.15) is 11.9 Å². The van der Waals surface area contributed by atoms with Gasteiger partial charge in [-0.3, -0.25) is 14.6 Å². The summed E-state index contributed by atoms with van der Waals surface area (Å²) in [7, 11) is 0. The van der Waals surface area contributed by atoms with Gasteiger partial charge in [0.25, 0.3) is 0 Å². The van der Waals surface area contributed by atoms with Gasteiger partial charge in [0.2, 0.25) is 5.91 Å². The van der Waals surface area contributed by atoms with Crippen LogP contribution in [-0.4, -0.2) is 56.0 Å². The number of hydrogen-bond acceptors (Lipinski definition) is 6. The van der Waals surface area contributed by atoms with E-state index in [1.54, 1.807) is 31.0 Å². The molecule has 2 aromatic heterocycles. The highest BCUT2D eigenvalue weighted by Crippen LogP contribution is 2.29. The maximum absolute atomic E-state index is 15.1. The molecule has 1 aliphatic heterocycles. The fourth-order valence-corrected chi connectivity index (χ4v) is 4.44. The molecule has 1 fully saturated rings. The van der Waals surface area contributed by atoms with Crippen molar-refractivity contribution in [1.29, 1.82) is 0 Å². The average Bonchev–Trinajstić information content (AvgIpc) is 3.67. The summed E-state index contributed by atoms with van der Waals surface area (Å²) in [5, 5.41) is 2.63. The summed E-state index contributed by atoms with van der Waals surface area (Å²) in [6.07, 6.45) is 5.95. The Balaban J connectivity index is 1.26. The van der Waals surface area contributed by atoms with Crippen LogP contribution in [0, 0.1) is 5.82 Å². The van der Waals surface area contributed by atoms with Crippen LogP contribution in [0.25, 0.3) is 11.1 Å². The Hall–Kier alpha value is -4.51. The van der Waals surface area contributed by atoms with Gasteiger partial charge in [-0.2, -0.15) is 0 Å². The molecule has 3 N–H and O–H groups in total. The summed E-state index contributed by atoms with van der Waals surface area (Å²) in [5.41, 5.74) is 4.59. The lowest BCUT2D eigenvalue weighted by Crippen LogP contribution is -2.33. The van der Waals surface area contributed by atoms with Crippen LogP contribution in [-0.2, 0) is 29.2 Å². The van der Waals surface area contributed by atoms with Crippen LogP contribution in [0.15, 0.2) is 67.5 Å². The predicted molar refractivity (Wildman–Crippen MR) is 138 cm³/mol. The van der Waals surface area contributed by atoms with Crippen LogP contribution in [0.1, 0.15) is 23.9 Å². The molecule has 11 heteroatoms. The monoisotopic (exact) mass is 517 g/mol. The standard InChI is InChI=1S/C27H28FN7O3/c1-18(36)31-11-24-15-35(27(37)38-24)23-6-7-25(26(28)8-23)20-4-2-19(3-5-20)12-34(13-21-9-29-16-32-21)14-22-10-30-17-33-22/h2-10,16-17,24H,11-15H2,1H3,(H,29,32)(H,30,33)(H,31,36)/t24-/m0/s1. The Kier molecular flexibility index (Phi) is 7.45. The molecule has 1 aliphatic rings. The summed E-state index contributed by atoms with van der Waals surface area (Å²) in [5.74, 6) is -0.642. The number of imidazole rings is 2. The first-order chi connectivity index (χ1) is 18.4. The second-order valence-electron chi connectivity index (χ2n) is 9.20. The first kappa shape index (κ1) is 25.2. The molecule has 0 aliphatic carbocycles. The van der Waals surface area contributed by atoms with E-state index in [-0.39, 0.29) is 19.0 Å². The summed E-state index contributed by atoms with van der Waals surface area (Å²) in [6, 6.07) is 12.4. The smallest absolute Gasteiger partial charge is 0.414 e. The number of carbonyl (C=O) groups excluding carboxylic acids is 2. The minimum Gasteiger partial charge on any atom is -0.442 e. The van der Waals surface area contributed by atoms with Crippen molar-refractivity contribution in [3.63, 3.8) is 0 Å². The summed E-state index contributed by atoms with van der Waals surface area (Å²) >= 11 is 0. The minimum atomic E-state index is -0.564. The minimum absolute atomic E-state index is 0.205. The summed E-state index contributed by atoms with van der Waals surface area (Å²) in [6.45, 7) is 3.85. The van der Waals surface area contributed by atoms with E-state index in [1.807, 2.05) is 30.5 Å². The van der Waals surface area contributed by atoms with E-state index in [2.05, 4.69) is 30.2 Å². The van der Waals surface area contributed by atoms with Crippen LogP contribution in [0.4, 0.5) is 14.9 Å². The van der Waals surface area contributed by atoms with Crippen LogP contribution < -0.4 is 10.2 Å². The Morgan fingerprint density at radius 2 is 2.03 bits per heavy atom. The molecule has 4 aromatic rings. The zero-order valence-electron chi connectivity index (χ0n) is 20.9.